The second kappa shape index (κ2) is 1.89. The lowest BCUT2D eigenvalue weighted by molar-refractivity contribution is -0.590. The summed E-state index contributed by atoms with van der Waals surface area (Å²) in [5.74, 6) is 0. The number of nitrogens with two attached hydrogens (primary N) is 1. The molecule has 2 heteroatoms. The van der Waals surface area contributed by atoms with Gasteiger partial charge in [-0.3, -0.25) is 0 Å². The van der Waals surface area contributed by atoms with Gasteiger partial charge >= 0.3 is 0 Å². The van der Waals surface area contributed by atoms with Gasteiger partial charge in [-0.1, -0.05) is 12.0 Å². The van der Waals surface area contributed by atoms with Crippen molar-refractivity contribution in [2.75, 3.05) is 0 Å². The van der Waals surface area contributed by atoms with Crippen molar-refractivity contribution in [3.05, 3.63) is 12.3 Å². The lowest BCUT2D eigenvalue weighted by atomic mass is 10.3. The summed E-state index contributed by atoms with van der Waals surface area (Å²) >= 11 is 0. The molecule has 0 aromatic heterocycles. The molecular formula is C5H9N2+. The van der Waals surface area contributed by atoms with Crippen molar-refractivity contribution in [3.8, 4) is 0 Å². The van der Waals surface area contributed by atoms with E-state index in [0.29, 0.717) is 0 Å². The lowest BCUT2D eigenvalue weighted by Gasteiger charge is -1.77. The van der Waals surface area contributed by atoms with Crippen molar-refractivity contribution < 1.29 is 5.43 Å². The van der Waals surface area contributed by atoms with Crippen molar-refractivity contribution >= 4 is 5.71 Å². The second-order valence-electron chi connectivity index (χ2n) is 1.48. The molecule has 0 aromatic carbocycles. The molecule has 0 unspecified atom stereocenters. The van der Waals surface area contributed by atoms with Gasteiger partial charge in [0.2, 0.25) is 0 Å². The fourth-order valence-electron chi connectivity index (χ4n) is 0.545. The zero-order valence-electron chi connectivity index (χ0n) is 4.39. The van der Waals surface area contributed by atoms with Gasteiger partial charge in [0, 0.05) is 6.08 Å². The summed E-state index contributed by atoms with van der Waals surface area (Å²) in [5, 5.41) is 4.03. The highest BCUT2D eigenvalue weighted by Gasteiger charge is 1.96. The number of hydrogen-bond donors (Lipinski definition) is 1. The van der Waals surface area contributed by atoms with E-state index in [-0.39, 0.29) is 0 Å². The topological polar surface area (TPSA) is 29.0 Å². The fourth-order valence-corrected chi connectivity index (χ4v) is 0.545. The first-order valence-electron chi connectivity index (χ1n) is 2.50. The molecule has 1 aliphatic heterocycles. The molecule has 2 N–H and O–H groups in total. The van der Waals surface area contributed by atoms with Gasteiger partial charge in [-0.05, 0) is 6.42 Å². The molecule has 0 fully saturated rings. The SMILES string of the molecule is CCC1=N[NH2+]C=C1. The summed E-state index contributed by atoms with van der Waals surface area (Å²) in [4.78, 5) is 0. The van der Waals surface area contributed by atoms with Crippen LogP contribution in [0.1, 0.15) is 13.3 Å². The third-order valence-electron chi connectivity index (χ3n) is 0.977. The molecule has 1 rings (SSSR count). The quantitative estimate of drug-likeness (QED) is 0.441. The van der Waals surface area contributed by atoms with E-state index in [9.17, 15) is 0 Å². The predicted molar refractivity (Wildman–Crippen MR) is 28.8 cm³/mol. The van der Waals surface area contributed by atoms with Gasteiger partial charge < -0.3 is 0 Å². The van der Waals surface area contributed by atoms with Crippen LogP contribution in [0.4, 0.5) is 0 Å². The minimum atomic E-state index is 1.05. The van der Waals surface area contributed by atoms with Gasteiger partial charge in [0.15, 0.2) is 0 Å². The highest BCUT2D eigenvalue weighted by Crippen LogP contribution is 1.85. The van der Waals surface area contributed by atoms with Crippen LogP contribution < -0.4 is 5.43 Å². The maximum atomic E-state index is 4.03. The van der Waals surface area contributed by atoms with Crippen molar-refractivity contribution in [2.45, 2.75) is 13.3 Å². The molecule has 0 aliphatic carbocycles. The molecule has 1 aliphatic rings. The van der Waals surface area contributed by atoms with Crippen LogP contribution in [0.2, 0.25) is 0 Å². The molecule has 0 saturated heterocycles. The molecule has 1 heterocycles. The molecule has 0 bridgehead atoms. The highest BCUT2D eigenvalue weighted by molar-refractivity contribution is 5.94. The van der Waals surface area contributed by atoms with Gasteiger partial charge in [-0.25, -0.2) is 0 Å². The zero-order chi connectivity index (χ0) is 5.11. The average Bonchev–Trinajstić information content (AvgIpc) is 2.14. The molecule has 0 spiro atoms. The number of allylic oxidation sites excluding steroid dienone is 1. The van der Waals surface area contributed by atoms with Crippen LogP contribution in [0.15, 0.2) is 17.4 Å². The van der Waals surface area contributed by atoms with Crippen molar-refractivity contribution in [1.82, 2.24) is 0 Å². The average molecular weight is 97.1 g/mol. The van der Waals surface area contributed by atoms with Crippen molar-refractivity contribution in [2.24, 2.45) is 5.10 Å². The number of rotatable bonds is 1. The van der Waals surface area contributed by atoms with E-state index >= 15 is 0 Å². The summed E-state index contributed by atoms with van der Waals surface area (Å²) in [6.07, 6.45) is 5.03. The smallest absolute Gasteiger partial charge is 0.121 e. The van der Waals surface area contributed by atoms with Crippen molar-refractivity contribution in [3.63, 3.8) is 0 Å². The van der Waals surface area contributed by atoms with E-state index in [1.165, 1.54) is 5.71 Å². The molecule has 0 saturated carbocycles. The largest absolute Gasteiger partial charge is 0.194 e. The lowest BCUT2D eigenvalue weighted by Crippen LogP contribution is -2.69. The van der Waals surface area contributed by atoms with E-state index in [0.717, 1.165) is 6.42 Å². The molecule has 2 nitrogen and oxygen atoms in total. The Morgan fingerprint density at radius 3 is 3.00 bits per heavy atom. The number of nitrogens with zero attached hydrogens (tertiary/aromatic N) is 1. The monoisotopic (exact) mass is 97.1 g/mol. The maximum Gasteiger partial charge on any atom is 0.121 e. The Kier molecular flexibility index (Phi) is 1.22. The third kappa shape index (κ3) is 0.871. The molecule has 0 radical (unpaired) electrons. The second-order valence-corrected chi connectivity index (χ2v) is 1.48. The van der Waals surface area contributed by atoms with Crippen LogP contribution in [-0.2, 0) is 0 Å². The minimum Gasteiger partial charge on any atom is -0.194 e. The molecular weight excluding hydrogens is 88.1 g/mol. The molecule has 38 valence electrons. The van der Waals surface area contributed by atoms with Gasteiger partial charge in [0.1, 0.15) is 11.9 Å². The summed E-state index contributed by atoms with van der Waals surface area (Å²) in [6.45, 7) is 2.10. The first-order chi connectivity index (χ1) is 3.43. The van der Waals surface area contributed by atoms with Crippen LogP contribution in [0.5, 0.6) is 0 Å². The van der Waals surface area contributed by atoms with Crippen molar-refractivity contribution in [1.29, 1.82) is 0 Å². The van der Waals surface area contributed by atoms with Gasteiger partial charge in [-0.15, -0.1) is 0 Å². The fraction of sp³-hybridized carbons (Fsp3) is 0.400. The van der Waals surface area contributed by atoms with Gasteiger partial charge in [0.05, 0.1) is 0 Å². The Balaban J connectivity index is 2.52. The Labute approximate surface area is 42.9 Å². The van der Waals surface area contributed by atoms with Gasteiger partial charge in [0.25, 0.3) is 0 Å². The van der Waals surface area contributed by atoms with E-state index in [2.05, 4.69) is 12.0 Å². The number of quaternary nitrogens is 1. The third-order valence-corrected chi connectivity index (χ3v) is 0.977. The standard InChI is InChI=1S/C5H8N2/c1-2-5-3-4-6-7-5/h3-4H,2H2,1H3,(H,6,7)/p+1. The summed E-state index contributed by atoms with van der Waals surface area (Å²) in [7, 11) is 0. The van der Waals surface area contributed by atoms with E-state index in [1.54, 1.807) is 0 Å². The maximum absolute atomic E-state index is 4.03. The molecule has 0 aromatic rings. The van der Waals surface area contributed by atoms with Crippen LogP contribution in [-0.4, -0.2) is 5.71 Å². The van der Waals surface area contributed by atoms with Gasteiger partial charge in [-0.2, -0.15) is 5.43 Å². The molecule has 0 amide bonds. The van der Waals surface area contributed by atoms with Crippen LogP contribution >= 0.6 is 0 Å². The first kappa shape index (κ1) is 4.53. The Morgan fingerprint density at radius 2 is 2.71 bits per heavy atom. The first-order valence-corrected chi connectivity index (χ1v) is 2.50. The summed E-state index contributed by atoms with van der Waals surface area (Å²) in [6, 6.07) is 0. The van der Waals surface area contributed by atoms with E-state index in [1.807, 2.05) is 17.7 Å². The number of hydrogen-bond acceptors (Lipinski definition) is 1. The molecule has 7 heavy (non-hydrogen) atoms. The van der Waals surface area contributed by atoms with Crippen LogP contribution in [0.25, 0.3) is 0 Å². The minimum absolute atomic E-state index is 1.05. The zero-order valence-corrected chi connectivity index (χ0v) is 4.39. The molecule has 0 atom stereocenters. The summed E-state index contributed by atoms with van der Waals surface area (Å²) in [5.41, 5.74) is 3.00. The normalized spacial score (nSPS) is 17.6. The highest BCUT2D eigenvalue weighted by atomic mass is 15.3. The van der Waals surface area contributed by atoms with E-state index < -0.39 is 0 Å². The Bertz CT molecular complexity index is 113. The Morgan fingerprint density at radius 1 is 1.86 bits per heavy atom. The summed E-state index contributed by atoms with van der Waals surface area (Å²) < 4.78 is 0. The predicted octanol–water partition coefficient (Wildman–Crippen LogP) is -0.157. The Hall–Kier alpha value is -0.630. The van der Waals surface area contributed by atoms with Crippen LogP contribution in [0.3, 0.4) is 0 Å². The van der Waals surface area contributed by atoms with E-state index in [4.69, 9.17) is 0 Å². The van der Waals surface area contributed by atoms with Crippen LogP contribution in [0, 0.1) is 0 Å².